The highest BCUT2D eigenvalue weighted by Crippen LogP contribution is 2.19. The minimum Gasteiger partial charge on any atom is -0.486 e. The lowest BCUT2D eigenvalue weighted by molar-refractivity contribution is -0.121. The second kappa shape index (κ2) is 9.20. The predicted molar refractivity (Wildman–Crippen MR) is 101 cm³/mol. The summed E-state index contributed by atoms with van der Waals surface area (Å²) in [4.78, 5) is 16.7. The molecular weight excluding hydrogens is 356 g/mol. The van der Waals surface area contributed by atoms with Crippen LogP contribution in [0.3, 0.4) is 0 Å². The molecule has 25 heavy (non-hydrogen) atoms. The fourth-order valence-electron chi connectivity index (χ4n) is 3.04. The van der Waals surface area contributed by atoms with Crippen LogP contribution in [0.15, 0.2) is 29.6 Å². The Balaban J connectivity index is 1.45. The number of ether oxygens (including phenoxy) is 1. The highest BCUT2D eigenvalue weighted by atomic mass is 35.5. The van der Waals surface area contributed by atoms with Gasteiger partial charge in [-0.2, -0.15) is 0 Å². The van der Waals surface area contributed by atoms with Gasteiger partial charge in [0.2, 0.25) is 5.91 Å². The third-order valence-electron chi connectivity index (χ3n) is 4.34. The summed E-state index contributed by atoms with van der Waals surface area (Å²) in [6.45, 7) is 0.399. The van der Waals surface area contributed by atoms with Crippen molar-refractivity contribution in [2.24, 2.45) is 0 Å². The van der Waals surface area contributed by atoms with Crippen molar-refractivity contribution in [3.8, 4) is 5.75 Å². The Morgan fingerprint density at radius 1 is 1.20 bits per heavy atom. The van der Waals surface area contributed by atoms with Crippen molar-refractivity contribution in [1.29, 1.82) is 0 Å². The smallest absolute Gasteiger partial charge is 0.226 e. The number of nitrogens with one attached hydrogen (secondary N) is 1. The number of hydrogen-bond acceptors (Lipinski definition) is 4. The van der Waals surface area contributed by atoms with E-state index >= 15 is 0 Å². The van der Waals surface area contributed by atoms with Gasteiger partial charge >= 0.3 is 0 Å². The van der Waals surface area contributed by atoms with E-state index in [0.29, 0.717) is 24.1 Å². The molecule has 1 N–H and O–H groups in total. The maximum Gasteiger partial charge on any atom is 0.226 e. The number of benzene rings is 1. The van der Waals surface area contributed by atoms with E-state index in [1.54, 1.807) is 12.1 Å². The number of aromatic nitrogens is 1. The SMILES string of the molecule is O=C(Cc1csc(COc2ccc(Cl)cc2)n1)NC1CCCCCC1. The van der Waals surface area contributed by atoms with Gasteiger partial charge in [0.25, 0.3) is 0 Å². The monoisotopic (exact) mass is 378 g/mol. The van der Waals surface area contributed by atoms with E-state index in [9.17, 15) is 4.79 Å². The van der Waals surface area contributed by atoms with Gasteiger partial charge in [0, 0.05) is 16.4 Å². The Hall–Kier alpha value is -1.59. The van der Waals surface area contributed by atoms with E-state index < -0.39 is 0 Å². The first-order valence-electron chi connectivity index (χ1n) is 8.80. The molecule has 1 aliphatic carbocycles. The summed E-state index contributed by atoms with van der Waals surface area (Å²) < 4.78 is 5.69. The summed E-state index contributed by atoms with van der Waals surface area (Å²) in [5.41, 5.74) is 0.811. The molecule has 1 aliphatic rings. The fourth-order valence-corrected chi connectivity index (χ4v) is 3.87. The lowest BCUT2D eigenvalue weighted by Crippen LogP contribution is -2.35. The van der Waals surface area contributed by atoms with Crippen LogP contribution in [0.25, 0.3) is 0 Å². The maximum atomic E-state index is 12.2. The molecule has 6 heteroatoms. The Labute approximate surface area is 157 Å². The Morgan fingerprint density at radius 3 is 2.64 bits per heavy atom. The van der Waals surface area contributed by atoms with Gasteiger partial charge in [-0.05, 0) is 37.1 Å². The number of carbonyl (C=O) groups is 1. The van der Waals surface area contributed by atoms with Crippen molar-refractivity contribution in [2.45, 2.75) is 57.6 Å². The summed E-state index contributed by atoms with van der Waals surface area (Å²) in [7, 11) is 0. The molecule has 1 saturated carbocycles. The largest absolute Gasteiger partial charge is 0.486 e. The quantitative estimate of drug-likeness (QED) is 0.737. The van der Waals surface area contributed by atoms with Crippen molar-refractivity contribution in [2.75, 3.05) is 0 Å². The maximum absolute atomic E-state index is 12.2. The molecule has 0 spiro atoms. The first kappa shape index (κ1) is 18.2. The van der Waals surface area contributed by atoms with Crippen LogP contribution in [0.4, 0.5) is 0 Å². The van der Waals surface area contributed by atoms with Gasteiger partial charge < -0.3 is 10.1 Å². The fraction of sp³-hybridized carbons (Fsp3) is 0.474. The molecule has 1 aromatic heterocycles. The van der Waals surface area contributed by atoms with E-state index in [1.807, 2.05) is 17.5 Å². The predicted octanol–water partition coefficient (Wildman–Crippen LogP) is 4.76. The summed E-state index contributed by atoms with van der Waals surface area (Å²) in [6, 6.07) is 7.58. The molecule has 2 aromatic rings. The van der Waals surface area contributed by atoms with Crippen LogP contribution in [0.2, 0.25) is 5.02 Å². The normalized spacial score (nSPS) is 15.6. The summed E-state index contributed by atoms with van der Waals surface area (Å²) in [5, 5.41) is 6.65. The van der Waals surface area contributed by atoms with Gasteiger partial charge in [-0.3, -0.25) is 4.79 Å². The number of rotatable bonds is 6. The molecule has 4 nitrogen and oxygen atoms in total. The minimum atomic E-state index is 0.0716. The number of halogens is 1. The minimum absolute atomic E-state index is 0.0716. The highest BCUT2D eigenvalue weighted by Gasteiger charge is 2.15. The van der Waals surface area contributed by atoms with Crippen molar-refractivity contribution in [1.82, 2.24) is 10.3 Å². The topological polar surface area (TPSA) is 51.2 Å². The van der Waals surface area contributed by atoms with Gasteiger partial charge in [-0.15, -0.1) is 11.3 Å². The molecule has 134 valence electrons. The van der Waals surface area contributed by atoms with Crippen molar-refractivity contribution in [3.05, 3.63) is 45.4 Å². The van der Waals surface area contributed by atoms with Crippen LogP contribution in [-0.4, -0.2) is 16.9 Å². The average Bonchev–Trinajstić information content (AvgIpc) is 2.88. The highest BCUT2D eigenvalue weighted by molar-refractivity contribution is 7.09. The van der Waals surface area contributed by atoms with Crippen molar-refractivity contribution in [3.63, 3.8) is 0 Å². The van der Waals surface area contributed by atoms with E-state index in [1.165, 1.54) is 37.0 Å². The van der Waals surface area contributed by atoms with E-state index in [2.05, 4.69) is 10.3 Å². The molecular formula is C19H23ClN2O2S. The molecule has 0 atom stereocenters. The second-order valence-corrected chi connectivity index (χ2v) is 7.79. The summed E-state index contributed by atoms with van der Waals surface area (Å²) in [5.74, 6) is 0.828. The summed E-state index contributed by atoms with van der Waals surface area (Å²) >= 11 is 7.38. The van der Waals surface area contributed by atoms with Crippen LogP contribution in [0.1, 0.15) is 49.2 Å². The van der Waals surface area contributed by atoms with Crippen molar-refractivity contribution >= 4 is 28.8 Å². The molecule has 0 unspecified atom stereocenters. The number of nitrogens with zero attached hydrogens (tertiary/aromatic N) is 1. The molecule has 1 aromatic carbocycles. The zero-order valence-electron chi connectivity index (χ0n) is 14.2. The van der Waals surface area contributed by atoms with E-state index in [4.69, 9.17) is 16.3 Å². The first-order chi connectivity index (χ1) is 12.2. The number of hydrogen-bond donors (Lipinski definition) is 1. The third kappa shape index (κ3) is 6.01. The van der Waals surface area contributed by atoms with Gasteiger partial charge in [-0.25, -0.2) is 4.98 Å². The Bertz CT molecular complexity index is 679. The second-order valence-electron chi connectivity index (χ2n) is 6.41. The summed E-state index contributed by atoms with van der Waals surface area (Å²) in [6.07, 6.45) is 7.55. The van der Waals surface area contributed by atoms with Crippen LogP contribution in [0, 0.1) is 0 Å². The van der Waals surface area contributed by atoms with E-state index in [-0.39, 0.29) is 5.91 Å². The average molecular weight is 379 g/mol. The van der Waals surface area contributed by atoms with Crippen LogP contribution in [-0.2, 0) is 17.8 Å². The van der Waals surface area contributed by atoms with Crippen LogP contribution >= 0.6 is 22.9 Å². The Kier molecular flexibility index (Phi) is 6.70. The molecule has 0 saturated heterocycles. The molecule has 1 heterocycles. The van der Waals surface area contributed by atoms with Gasteiger partial charge in [-0.1, -0.05) is 37.3 Å². The first-order valence-corrected chi connectivity index (χ1v) is 10.1. The van der Waals surface area contributed by atoms with Gasteiger partial charge in [0.15, 0.2) is 0 Å². The molecule has 0 bridgehead atoms. The standard InChI is InChI=1S/C19H23ClN2O2S/c20-14-7-9-17(10-8-14)24-12-19-22-16(13-25-19)11-18(23)21-15-5-3-1-2-4-6-15/h7-10,13,15H,1-6,11-12H2,(H,21,23). The molecule has 1 fully saturated rings. The lowest BCUT2D eigenvalue weighted by atomic mass is 10.1. The zero-order valence-corrected chi connectivity index (χ0v) is 15.7. The molecule has 1 amide bonds. The zero-order chi connectivity index (χ0) is 17.5. The van der Waals surface area contributed by atoms with Gasteiger partial charge in [0.1, 0.15) is 17.4 Å². The van der Waals surface area contributed by atoms with Gasteiger partial charge in [0.05, 0.1) is 12.1 Å². The van der Waals surface area contributed by atoms with E-state index in [0.717, 1.165) is 29.3 Å². The third-order valence-corrected chi connectivity index (χ3v) is 5.46. The molecule has 0 radical (unpaired) electrons. The van der Waals surface area contributed by atoms with Crippen molar-refractivity contribution < 1.29 is 9.53 Å². The number of amides is 1. The number of thiazole rings is 1. The van der Waals surface area contributed by atoms with Crippen LogP contribution < -0.4 is 10.1 Å². The van der Waals surface area contributed by atoms with Crippen LogP contribution in [0.5, 0.6) is 5.75 Å². The number of carbonyl (C=O) groups excluding carboxylic acids is 1. The lowest BCUT2D eigenvalue weighted by Gasteiger charge is -2.15. The Morgan fingerprint density at radius 2 is 1.92 bits per heavy atom. The molecule has 0 aliphatic heterocycles. The molecule has 3 rings (SSSR count).